The van der Waals surface area contributed by atoms with E-state index in [0.29, 0.717) is 25.7 Å². The number of hydrogen-bond acceptors (Lipinski definition) is 4. The Morgan fingerprint density at radius 1 is 1.00 bits per heavy atom. The first-order valence-electron chi connectivity index (χ1n) is 9.10. The van der Waals surface area contributed by atoms with Crippen LogP contribution in [0.4, 0.5) is 0 Å². The molecule has 3 aromatic rings. The molecule has 2 aromatic carbocycles. The van der Waals surface area contributed by atoms with Gasteiger partial charge in [0.15, 0.2) is 5.96 Å². The van der Waals surface area contributed by atoms with Gasteiger partial charge in [-0.1, -0.05) is 18.2 Å². The zero-order valence-corrected chi connectivity index (χ0v) is 18.9. The third-order valence-corrected chi connectivity index (χ3v) is 4.05. The standard InChI is InChI=1S/C21H25N5O2.HI/c1-22-21(23-13-15-28-20-10-8-19(27-2)9-11-20)24-16-17-12-14-26(25-17)18-6-4-3-5-7-18;/h3-12,14H,13,15-16H2,1-2H3,(H2,22,23,24);1H. The highest BCUT2D eigenvalue weighted by molar-refractivity contribution is 14.0. The van der Waals surface area contributed by atoms with Gasteiger partial charge in [0.05, 0.1) is 31.6 Å². The molecule has 2 N–H and O–H groups in total. The van der Waals surface area contributed by atoms with Gasteiger partial charge in [-0.05, 0) is 42.5 Å². The molecule has 0 saturated heterocycles. The minimum atomic E-state index is 0. The summed E-state index contributed by atoms with van der Waals surface area (Å²) >= 11 is 0. The monoisotopic (exact) mass is 507 g/mol. The molecule has 1 heterocycles. The third-order valence-electron chi connectivity index (χ3n) is 4.05. The van der Waals surface area contributed by atoms with E-state index >= 15 is 0 Å². The van der Waals surface area contributed by atoms with Crippen LogP contribution in [0.5, 0.6) is 11.5 Å². The third kappa shape index (κ3) is 6.97. The van der Waals surface area contributed by atoms with E-state index in [1.807, 2.05) is 71.5 Å². The van der Waals surface area contributed by atoms with Gasteiger partial charge in [-0.25, -0.2) is 4.68 Å². The van der Waals surface area contributed by atoms with Gasteiger partial charge in [-0.2, -0.15) is 5.10 Å². The van der Waals surface area contributed by atoms with Crippen molar-refractivity contribution in [2.75, 3.05) is 27.3 Å². The molecule has 0 amide bonds. The van der Waals surface area contributed by atoms with Crippen molar-refractivity contribution >= 4 is 29.9 Å². The average molecular weight is 507 g/mol. The fourth-order valence-corrected chi connectivity index (χ4v) is 2.59. The molecule has 0 aliphatic heterocycles. The number of nitrogens with zero attached hydrogens (tertiary/aromatic N) is 3. The Morgan fingerprint density at radius 3 is 2.41 bits per heavy atom. The molecular formula is C21H26IN5O2. The summed E-state index contributed by atoms with van der Waals surface area (Å²) in [5.74, 6) is 2.31. The van der Waals surface area contributed by atoms with Crippen LogP contribution in [0.2, 0.25) is 0 Å². The molecule has 29 heavy (non-hydrogen) atoms. The zero-order valence-electron chi connectivity index (χ0n) is 16.5. The summed E-state index contributed by atoms with van der Waals surface area (Å²) in [6.45, 7) is 1.73. The Kier molecular flexibility index (Phi) is 9.29. The largest absolute Gasteiger partial charge is 0.497 e. The molecule has 0 bridgehead atoms. The van der Waals surface area contributed by atoms with Gasteiger partial charge in [0.1, 0.15) is 18.1 Å². The number of nitrogens with one attached hydrogen (secondary N) is 2. The highest BCUT2D eigenvalue weighted by Gasteiger charge is 2.03. The van der Waals surface area contributed by atoms with E-state index in [2.05, 4.69) is 20.7 Å². The van der Waals surface area contributed by atoms with Gasteiger partial charge in [0.25, 0.3) is 0 Å². The van der Waals surface area contributed by atoms with E-state index < -0.39 is 0 Å². The van der Waals surface area contributed by atoms with Crippen molar-refractivity contribution in [1.29, 1.82) is 0 Å². The van der Waals surface area contributed by atoms with E-state index in [1.54, 1.807) is 14.2 Å². The second-order valence-electron chi connectivity index (χ2n) is 5.96. The van der Waals surface area contributed by atoms with Crippen molar-refractivity contribution in [3.05, 3.63) is 72.6 Å². The summed E-state index contributed by atoms with van der Waals surface area (Å²) in [6, 6.07) is 19.5. The maximum absolute atomic E-state index is 5.70. The van der Waals surface area contributed by atoms with Crippen LogP contribution >= 0.6 is 24.0 Å². The van der Waals surface area contributed by atoms with Crippen LogP contribution in [0.15, 0.2) is 71.9 Å². The van der Waals surface area contributed by atoms with Crippen LogP contribution in [-0.4, -0.2) is 43.0 Å². The van der Waals surface area contributed by atoms with E-state index in [0.717, 1.165) is 22.9 Å². The predicted octanol–water partition coefficient (Wildman–Crippen LogP) is 3.24. The van der Waals surface area contributed by atoms with Crippen molar-refractivity contribution in [3.63, 3.8) is 0 Å². The first kappa shape index (κ1) is 22.5. The fourth-order valence-electron chi connectivity index (χ4n) is 2.59. The quantitative estimate of drug-likeness (QED) is 0.212. The van der Waals surface area contributed by atoms with Crippen LogP contribution in [0.1, 0.15) is 5.69 Å². The van der Waals surface area contributed by atoms with Crippen LogP contribution in [0.3, 0.4) is 0 Å². The van der Waals surface area contributed by atoms with Crippen molar-refractivity contribution in [1.82, 2.24) is 20.4 Å². The number of aromatic nitrogens is 2. The summed E-state index contributed by atoms with van der Waals surface area (Å²) in [4.78, 5) is 4.22. The van der Waals surface area contributed by atoms with Gasteiger partial charge >= 0.3 is 0 Å². The SMILES string of the molecule is CN=C(NCCOc1ccc(OC)cc1)NCc1ccn(-c2ccccc2)n1.I. The minimum Gasteiger partial charge on any atom is -0.497 e. The number of halogens is 1. The Hall–Kier alpha value is -2.75. The lowest BCUT2D eigenvalue weighted by Gasteiger charge is -2.12. The number of para-hydroxylation sites is 1. The van der Waals surface area contributed by atoms with Gasteiger partial charge in [0, 0.05) is 13.2 Å². The summed E-state index contributed by atoms with van der Waals surface area (Å²) in [7, 11) is 3.38. The number of ether oxygens (including phenoxy) is 2. The molecule has 0 aliphatic rings. The van der Waals surface area contributed by atoms with Crippen molar-refractivity contribution < 1.29 is 9.47 Å². The van der Waals surface area contributed by atoms with Crippen LogP contribution < -0.4 is 20.1 Å². The van der Waals surface area contributed by atoms with Gasteiger partial charge in [0.2, 0.25) is 0 Å². The van der Waals surface area contributed by atoms with Crippen molar-refractivity contribution in [2.24, 2.45) is 4.99 Å². The minimum absolute atomic E-state index is 0. The Bertz CT molecular complexity index is 882. The lowest BCUT2D eigenvalue weighted by molar-refractivity contribution is 0.321. The van der Waals surface area contributed by atoms with Crippen molar-refractivity contribution in [3.8, 4) is 17.2 Å². The lowest BCUT2D eigenvalue weighted by Crippen LogP contribution is -2.39. The molecule has 0 spiro atoms. The second kappa shape index (κ2) is 11.9. The molecule has 7 nitrogen and oxygen atoms in total. The second-order valence-corrected chi connectivity index (χ2v) is 5.96. The highest BCUT2D eigenvalue weighted by atomic mass is 127. The molecule has 0 radical (unpaired) electrons. The molecule has 0 aliphatic carbocycles. The zero-order chi connectivity index (χ0) is 19.6. The number of rotatable bonds is 8. The number of hydrogen-bond donors (Lipinski definition) is 2. The molecule has 3 rings (SSSR count). The number of methoxy groups -OCH3 is 1. The van der Waals surface area contributed by atoms with E-state index in [-0.39, 0.29) is 24.0 Å². The molecule has 0 atom stereocenters. The smallest absolute Gasteiger partial charge is 0.191 e. The fraction of sp³-hybridized carbons (Fsp3) is 0.238. The topological polar surface area (TPSA) is 72.7 Å². The first-order valence-corrected chi connectivity index (χ1v) is 9.10. The van der Waals surface area contributed by atoms with Crippen molar-refractivity contribution in [2.45, 2.75) is 6.54 Å². The maximum atomic E-state index is 5.70. The number of benzene rings is 2. The molecule has 1 aromatic heterocycles. The van der Waals surface area contributed by atoms with E-state index in [4.69, 9.17) is 9.47 Å². The molecule has 0 unspecified atom stereocenters. The number of aliphatic imine (C=N–C) groups is 1. The lowest BCUT2D eigenvalue weighted by atomic mass is 10.3. The number of guanidine groups is 1. The molecule has 0 saturated carbocycles. The Labute approximate surface area is 188 Å². The van der Waals surface area contributed by atoms with Gasteiger partial charge < -0.3 is 20.1 Å². The highest BCUT2D eigenvalue weighted by Crippen LogP contribution is 2.16. The first-order chi connectivity index (χ1) is 13.8. The van der Waals surface area contributed by atoms with Gasteiger partial charge in [-0.3, -0.25) is 4.99 Å². The van der Waals surface area contributed by atoms with Crippen LogP contribution in [-0.2, 0) is 6.54 Å². The normalized spacial score (nSPS) is 10.8. The summed E-state index contributed by atoms with van der Waals surface area (Å²) in [5.41, 5.74) is 1.97. The van der Waals surface area contributed by atoms with Gasteiger partial charge in [-0.15, -0.1) is 24.0 Å². The molecule has 154 valence electrons. The van der Waals surface area contributed by atoms with Crippen LogP contribution in [0.25, 0.3) is 5.69 Å². The molecular weight excluding hydrogens is 481 g/mol. The summed E-state index contributed by atoms with van der Waals surface area (Å²) in [5, 5.41) is 11.1. The Balaban J connectivity index is 0.00000300. The average Bonchev–Trinajstić information content (AvgIpc) is 3.23. The van der Waals surface area contributed by atoms with E-state index in [9.17, 15) is 0 Å². The Morgan fingerprint density at radius 2 is 1.72 bits per heavy atom. The molecule has 8 heteroatoms. The predicted molar refractivity (Wildman–Crippen MR) is 126 cm³/mol. The summed E-state index contributed by atoms with van der Waals surface area (Å²) in [6.07, 6.45) is 1.95. The maximum Gasteiger partial charge on any atom is 0.191 e. The van der Waals surface area contributed by atoms with Crippen LogP contribution in [0, 0.1) is 0 Å². The summed E-state index contributed by atoms with van der Waals surface area (Å²) < 4.78 is 12.7. The van der Waals surface area contributed by atoms with E-state index in [1.165, 1.54) is 0 Å². The molecule has 0 fully saturated rings.